The molecule has 24 heavy (non-hydrogen) atoms. The van der Waals surface area contributed by atoms with Gasteiger partial charge in [-0.25, -0.2) is 4.98 Å². The van der Waals surface area contributed by atoms with Crippen LogP contribution in [-0.2, 0) is 22.2 Å². The summed E-state index contributed by atoms with van der Waals surface area (Å²) in [5, 5.41) is 22.5. The average Bonchev–Trinajstić information content (AvgIpc) is 2.57. The molecule has 1 aromatic heterocycles. The second-order valence-corrected chi connectivity index (χ2v) is 7.02. The maximum Gasteiger partial charge on any atom is 0.209 e. The molecule has 2 unspecified atom stereocenters. The van der Waals surface area contributed by atoms with Crippen LogP contribution in [0.3, 0.4) is 0 Å². The van der Waals surface area contributed by atoms with E-state index in [4.69, 9.17) is 4.52 Å². The van der Waals surface area contributed by atoms with Crippen LogP contribution >= 0.6 is 7.60 Å². The molecule has 8 heteroatoms. The third kappa shape index (κ3) is 4.41. The SMILES string of the molecule is CCOP(=O)([O-])C(NCc1ccccc1)c1c(O)c[nH+]cc1CO. The molecule has 2 atom stereocenters. The molecule has 0 spiro atoms. The Bertz CT molecular complexity index is 711. The van der Waals surface area contributed by atoms with Crippen LogP contribution in [0.25, 0.3) is 0 Å². The van der Waals surface area contributed by atoms with E-state index < -0.39 is 20.0 Å². The lowest BCUT2D eigenvalue weighted by molar-refractivity contribution is -0.380. The van der Waals surface area contributed by atoms with Crippen molar-refractivity contribution in [2.75, 3.05) is 6.61 Å². The fraction of sp³-hybridized carbons (Fsp3) is 0.312. The van der Waals surface area contributed by atoms with Gasteiger partial charge in [-0.15, -0.1) is 0 Å². The smallest absolute Gasteiger partial charge is 0.209 e. The number of nitrogens with one attached hydrogen (secondary N) is 2. The zero-order valence-electron chi connectivity index (χ0n) is 13.3. The van der Waals surface area contributed by atoms with Gasteiger partial charge < -0.3 is 24.2 Å². The van der Waals surface area contributed by atoms with Crippen LogP contribution in [0.15, 0.2) is 42.7 Å². The number of rotatable bonds is 8. The number of H-pyrrole nitrogens is 1. The molecule has 0 aliphatic rings. The van der Waals surface area contributed by atoms with Gasteiger partial charge in [-0.3, -0.25) is 5.32 Å². The highest BCUT2D eigenvalue weighted by molar-refractivity contribution is 7.51. The zero-order valence-corrected chi connectivity index (χ0v) is 14.2. The van der Waals surface area contributed by atoms with Gasteiger partial charge in [0.25, 0.3) is 0 Å². The molecule has 0 amide bonds. The third-order valence-corrected chi connectivity index (χ3v) is 5.20. The standard InChI is InChI=1S/C16H21N2O5P/c1-2-23-24(21,22)16(18-8-12-6-4-3-5-7-12)15-13(11-19)9-17-10-14(15)20/h3-7,9-10,16,18-20H,2,8,11H2,1H3,(H,21,22). The van der Waals surface area contributed by atoms with Crippen LogP contribution in [0.1, 0.15) is 29.4 Å². The summed E-state index contributed by atoms with van der Waals surface area (Å²) in [7, 11) is -4.37. The molecular weight excluding hydrogens is 331 g/mol. The van der Waals surface area contributed by atoms with Crippen molar-refractivity contribution >= 4 is 7.60 Å². The van der Waals surface area contributed by atoms with Crippen molar-refractivity contribution in [3.8, 4) is 5.75 Å². The monoisotopic (exact) mass is 352 g/mol. The lowest BCUT2D eigenvalue weighted by Crippen LogP contribution is -2.28. The van der Waals surface area contributed by atoms with Crippen LogP contribution in [0.4, 0.5) is 0 Å². The first-order chi connectivity index (χ1) is 11.5. The quantitative estimate of drug-likeness (QED) is 0.612. The van der Waals surface area contributed by atoms with Gasteiger partial charge in [-0.05, 0) is 12.5 Å². The predicted molar refractivity (Wildman–Crippen MR) is 85.8 cm³/mol. The van der Waals surface area contributed by atoms with E-state index in [1.807, 2.05) is 30.3 Å². The molecular formula is C16H21N2O5P. The normalized spacial score (nSPS) is 15.0. The largest absolute Gasteiger partial charge is 0.777 e. The summed E-state index contributed by atoms with van der Waals surface area (Å²) in [6, 6.07) is 9.26. The average molecular weight is 352 g/mol. The molecule has 0 saturated heterocycles. The van der Waals surface area contributed by atoms with E-state index in [0.717, 1.165) is 5.56 Å². The highest BCUT2D eigenvalue weighted by Gasteiger charge is 2.30. The summed E-state index contributed by atoms with van der Waals surface area (Å²) in [6.07, 6.45) is 2.70. The minimum atomic E-state index is -4.37. The first-order valence-electron chi connectivity index (χ1n) is 7.54. The fourth-order valence-corrected chi connectivity index (χ4v) is 3.86. The summed E-state index contributed by atoms with van der Waals surface area (Å²) in [5.41, 5.74) is 1.24. The summed E-state index contributed by atoms with van der Waals surface area (Å²) in [5.74, 6) is -1.54. The number of hydrogen-bond acceptors (Lipinski definition) is 6. The lowest BCUT2D eigenvalue weighted by atomic mass is 10.1. The van der Waals surface area contributed by atoms with Gasteiger partial charge in [-0.2, -0.15) is 0 Å². The minimum absolute atomic E-state index is 0.0154. The first-order valence-corrected chi connectivity index (χ1v) is 9.16. The Kier molecular flexibility index (Phi) is 6.48. The Morgan fingerprint density at radius 3 is 2.67 bits per heavy atom. The van der Waals surface area contributed by atoms with Gasteiger partial charge in [0.15, 0.2) is 19.5 Å². The Labute approximate surface area is 140 Å². The van der Waals surface area contributed by atoms with Crippen LogP contribution < -0.4 is 15.2 Å². The zero-order chi connectivity index (χ0) is 17.6. The van der Waals surface area contributed by atoms with E-state index in [1.165, 1.54) is 12.4 Å². The van der Waals surface area contributed by atoms with Gasteiger partial charge in [0.1, 0.15) is 5.78 Å². The molecule has 0 bridgehead atoms. The number of aromatic amines is 1. The molecule has 0 saturated carbocycles. The highest BCUT2D eigenvalue weighted by atomic mass is 31.2. The van der Waals surface area contributed by atoms with E-state index in [0.29, 0.717) is 0 Å². The number of aromatic hydroxyl groups is 1. The van der Waals surface area contributed by atoms with Crippen molar-refractivity contribution in [1.82, 2.24) is 5.32 Å². The van der Waals surface area contributed by atoms with Crippen molar-refractivity contribution in [2.45, 2.75) is 25.9 Å². The number of aromatic nitrogens is 1. The number of pyridine rings is 1. The molecule has 7 nitrogen and oxygen atoms in total. The van der Waals surface area contributed by atoms with Gasteiger partial charge in [0.05, 0.1) is 18.8 Å². The Morgan fingerprint density at radius 2 is 2.04 bits per heavy atom. The molecule has 0 fully saturated rings. The number of aliphatic hydroxyl groups excluding tert-OH is 1. The minimum Gasteiger partial charge on any atom is -0.777 e. The number of benzene rings is 1. The topological polar surface area (TPSA) is 116 Å². The van der Waals surface area contributed by atoms with Gasteiger partial charge in [-0.1, -0.05) is 30.3 Å². The second-order valence-electron chi connectivity index (χ2n) is 5.16. The van der Waals surface area contributed by atoms with E-state index in [-0.39, 0.29) is 30.0 Å². The van der Waals surface area contributed by atoms with Crippen molar-refractivity contribution < 1.29 is 29.2 Å². The van der Waals surface area contributed by atoms with E-state index in [1.54, 1.807) is 6.92 Å². The molecule has 2 aromatic rings. The van der Waals surface area contributed by atoms with Gasteiger partial charge in [0.2, 0.25) is 6.20 Å². The summed E-state index contributed by atoms with van der Waals surface area (Å²) in [6.45, 7) is 1.40. The molecule has 2 rings (SSSR count). The Morgan fingerprint density at radius 1 is 1.33 bits per heavy atom. The highest BCUT2D eigenvalue weighted by Crippen LogP contribution is 2.53. The van der Waals surface area contributed by atoms with Crippen LogP contribution in [0.5, 0.6) is 5.75 Å². The van der Waals surface area contributed by atoms with Crippen molar-refractivity contribution in [2.24, 2.45) is 0 Å². The molecule has 0 aliphatic carbocycles. The maximum atomic E-state index is 12.5. The molecule has 1 aromatic carbocycles. The molecule has 0 radical (unpaired) electrons. The molecule has 4 N–H and O–H groups in total. The van der Waals surface area contributed by atoms with E-state index in [9.17, 15) is 19.7 Å². The van der Waals surface area contributed by atoms with E-state index in [2.05, 4.69) is 10.3 Å². The van der Waals surface area contributed by atoms with Crippen molar-refractivity contribution in [3.05, 3.63) is 59.4 Å². The summed E-state index contributed by atoms with van der Waals surface area (Å²) in [4.78, 5) is 15.2. The number of aliphatic hydroxyl groups is 1. The van der Waals surface area contributed by atoms with Crippen LogP contribution in [0, 0.1) is 0 Å². The van der Waals surface area contributed by atoms with Crippen LogP contribution in [-0.4, -0.2) is 16.8 Å². The molecule has 0 aliphatic heterocycles. The molecule has 130 valence electrons. The molecule has 1 heterocycles. The Hall–Kier alpha value is -1.76. The van der Waals surface area contributed by atoms with Gasteiger partial charge in [0, 0.05) is 12.1 Å². The van der Waals surface area contributed by atoms with Crippen LogP contribution in [0.2, 0.25) is 0 Å². The first kappa shape index (κ1) is 18.6. The Balaban J connectivity index is 2.38. The maximum absolute atomic E-state index is 12.5. The predicted octanol–water partition coefficient (Wildman–Crippen LogP) is 1.08. The fourth-order valence-electron chi connectivity index (χ4n) is 2.42. The summed E-state index contributed by atoms with van der Waals surface area (Å²) < 4.78 is 17.4. The van der Waals surface area contributed by atoms with Crippen molar-refractivity contribution in [3.63, 3.8) is 0 Å². The summed E-state index contributed by atoms with van der Waals surface area (Å²) >= 11 is 0. The van der Waals surface area contributed by atoms with E-state index >= 15 is 0 Å². The van der Waals surface area contributed by atoms with Crippen molar-refractivity contribution in [1.29, 1.82) is 0 Å². The lowest BCUT2D eigenvalue weighted by Gasteiger charge is -2.33. The second kappa shape index (κ2) is 8.37. The van der Waals surface area contributed by atoms with Gasteiger partial charge >= 0.3 is 0 Å². The third-order valence-electron chi connectivity index (χ3n) is 3.51. The number of hydrogen-bond donors (Lipinski definition) is 3.